The molecule has 1 aromatic carbocycles. The van der Waals surface area contributed by atoms with E-state index < -0.39 is 0 Å². The van der Waals surface area contributed by atoms with E-state index in [0.29, 0.717) is 6.54 Å². The molecule has 102 valence electrons. The molecule has 2 heterocycles. The van der Waals surface area contributed by atoms with Crippen molar-refractivity contribution in [3.8, 4) is 0 Å². The lowest BCUT2D eigenvalue weighted by Crippen LogP contribution is -2.03. The van der Waals surface area contributed by atoms with Gasteiger partial charge in [-0.2, -0.15) is 5.10 Å². The first-order valence-corrected chi connectivity index (χ1v) is 6.66. The quantitative estimate of drug-likeness (QED) is 0.805. The molecule has 0 aliphatic heterocycles. The average molecular weight is 288 g/mol. The minimum atomic E-state index is 0.611. The van der Waals surface area contributed by atoms with Crippen LogP contribution in [0.3, 0.4) is 0 Å². The van der Waals surface area contributed by atoms with Gasteiger partial charge in [-0.15, -0.1) is 0 Å². The minimum absolute atomic E-state index is 0.611. The molecule has 0 unspecified atom stereocenters. The van der Waals surface area contributed by atoms with Gasteiger partial charge in [0.2, 0.25) is 0 Å². The third kappa shape index (κ3) is 2.20. The topological polar surface area (TPSA) is 55.6 Å². The zero-order valence-electron chi connectivity index (χ0n) is 11.3. The van der Waals surface area contributed by atoms with Crippen LogP contribution < -0.4 is 5.32 Å². The fourth-order valence-electron chi connectivity index (χ4n) is 2.23. The zero-order valence-corrected chi connectivity index (χ0v) is 12.0. The summed E-state index contributed by atoms with van der Waals surface area (Å²) in [5, 5.41) is 9.37. The summed E-state index contributed by atoms with van der Waals surface area (Å²) in [6, 6.07) is 7.75. The molecule has 0 bridgehead atoms. The maximum atomic E-state index is 6.15. The van der Waals surface area contributed by atoms with Crippen molar-refractivity contribution in [2.24, 2.45) is 7.05 Å². The molecule has 0 atom stereocenters. The molecular formula is C14H14ClN5. The molecule has 0 spiro atoms. The normalized spacial score (nSPS) is 10.9. The minimum Gasteiger partial charge on any atom is -0.365 e. The first kappa shape index (κ1) is 12.9. The Hall–Kier alpha value is -2.14. The van der Waals surface area contributed by atoms with E-state index in [2.05, 4.69) is 20.4 Å². The first-order chi connectivity index (χ1) is 9.66. The molecule has 6 heteroatoms. The SMILES string of the molecule is Cc1nn(C)c2ncnc(NCc3ccccc3Cl)c12. The molecule has 0 aliphatic rings. The van der Waals surface area contributed by atoms with Crippen molar-refractivity contribution in [1.29, 1.82) is 0 Å². The average Bonchev–Trinajstić information content (AvgIpc) is 2.74. The number of aromatic nitrogens is 4. The van der Waals surface area contributed by atoms with E-state index in [1.807, 2.05) is 38.2 Å². The molecule has 0 saturated carbocycles. The maximum absolute atomic E-state index is 6.15. The molecular weight excluding hydrogens is 274 g/mol. The Morgan fingerprint density at radius 3 is 2.85 bits per heavy atom. The first-order valence-electron chi connectivity index (χ1n) is 6.28. The molecule has 0 fully saturated rings. The second kappa shape index (κ2) is 5.09. The summed E-state index contributed by atoms with van der Waals surface area (Å²) in [5.74, 6) is 0.778. The smallest absolute Gasteiger partial charge is 0.163 e. The monoisotopic (exact) mass is 287 g/mol. The summed E-state index contributed by atoms with van der Waals surface area (Å²) in [4.78, 5) is 8.57. The van der Waals surface area contributed by atoms with E-state index >= 15 is 0 Å². The number of nitrogens with zero attached hydrogens (tertiary/aromatic N) is 4. The number of hydrogen-bond acceptors (Lipinski definition) is 4. The number of rotatable bonds is 3. The van der Waals surface area contributed by atoms with Crippen LogP contribution in [0.2, 0.25) is 5.02 Å². The highest BCUT2D eigenvalue weighted by molar-refractivity contribution is 6.31. The van der Waals surface area contributed by atoms with Gasteiger partial charge in [-0.1, -0.05) is 29.8 Å². The van der Waals surface area contributed by atoms with Crippen molar-refractivity contribution < 1.29 is 0 Å². The van der Waals surface area contributed by atoms with Gasteiger partial charge in [-0.25, -0.2) is 9.97 Å². The van der Waals surface area contributed by atoms with Gasteiger partial charge in [0.05, 0.1) is 11.1 Å². The number of fused-ring (bicyclic) bond motifs is 1. The summed E-state index contributed by atoms with van der Waals surface area (Å²) < 4.78 is 1.76. The lowest BCUT2D eigenvalue weighted by molar-refractivity contribution is 0.773. The maximum Gasteiger partial charge on any atom is 0.163 e. The van der Waals surface area contributed by atoms with Gasteiger partial charge in [0.15, 0.2) is 5.65 Å². The van der Waals surface area contributed by atoms with Crippen molar-refractivity contribution in [2.75, 3.05) is 5.32 Å². The van der Waals surface area contributed by atoms with Gasteiger partial charge < -0.3 is 5.32 Å². The van der Waals surface area contributed by atoms with Crippen molar-refractivity contribution in [3.05, 3.63) is 46.9 Å². The highest BCUT2D eigenvalue weighted by Crippen LogP contribution is 2.23. The molecule has 20 heavy (non-hydrogen) atoms. The van der Waals surface area contributed by atoms with Crippen LogP contribution in [0.15, 0.2) is 30.6 Å². The van der Waals surface area contributed by atoms with Crippen LogP contribution in [0.25, 0.3) is 11.0 Å². The summed E-state index contributed by atoms with van der Waals surface area (Å²) in [6.45, 7) is 2.56. The van der Waals surface area contributed by atoms with E-state index in [1.54, 1.807) is 11.0 Å². The summed E-state index contributed by atoms with van der Waals surface area (Å²) in [6.07, 6.45) is 1.54. The van der Waals surface area contributed by atoms with Crippen LogP contribution in [-0.2, 0) is 13.6 Å². The Bertz CT molecular complexity index is 765. The van der Waals surface area contributed by atoms with Crippen LogP contribution in [0.5, 0.6) is 0 Å². The predicted molar refractivity (Wildman–Crippen MR) is 79.8 cm³/mol. The molecule has 1 N–H and O–H groups in total. The fourth-order valence-corrected chi connectivity index (χ4v) is 2.43. The number of anilines is 1. The fraction of sp³-hybridized carbons (Fsp3) is 0.214. The van der Waals surface area contributed by atoms with Gasteiger partial charge in [-0.05, 0) is 18.6 Å². The van der Waals surface area contributed by atoms with Crippen molar-refractivity contribution in [1.82, 2.24) is 19.7 Å². The Balaban J connectivity index is 1.94. The van der Waals surface area contributed by atoms with Gasteiger partial charge in [0, 0.05) is 18.6 Å². The van der Waals surface area contributed by atoms with Gasteiger partial charge in [0.25, 0.3) is 0 Å². The summed E-state index contributed by atoms with van der Waals surface area (Å²) in [7, 11) is 1.88. The van der Waals surface area contributed by atoms with Crippen molar-refractivity contribution >= 4 is 28.5 Å². The third-order valence-corrected chi connectivity index (χ3v) is 3.57. The van der Waals surface area contributed by atoms with Crippen LogP contribution >= 0.6 is 11.6 Å². The van der Waals surface area contributed by atoms with E-state index in [-0.39, 0.29) is 0 Å². The van der Waals surface area contributed by atoms with Gasteiger partial charge >= 0.3 is 0 Å². The molecule has 3 aromatic rings. The highest BCUT2D eigenvalue weighted by Gasteiger charge is 2.12. The Morgan fingerprint density at radius 1 is 1.25 bits per heavy atom. The predicted octanol–water partition coefficient (Wildman–Crippen LogP) is 2.94. The Labute approximate surface area is 121 Å². The Kier molecular flexibility index (Phi) is 3.28. The Morgan fingerprint density at radius 2 is 2.05 bits per heavy atom. The van der Waals surface area contributed by atoms with E-state index in [9.17, 15) is 0 Å². The number of halogens is 1. The largest absolute Gasteiger partial charge is 0.365 e. The van der Waals surface area contributed by atoms with E-state index in [0.717, 1.165) is 33.1 Å². The second-order valence-electron chi connectivity index (χ2n) is 4.57. The van der Waals surface area contributed by atoms with E-state index in [4.69, 9.17) is 11.6 Å². The lowest BCUT2D eigenvalue weighted by atomic mass is 10.2. The molecule has 0 radical (unpaired) electrons. The lowest BCUT2D eigenvalue weighted by Gasteiger charge is -2.08. The highest BCUT2D eigenvalue weighted by atomic mass is 35.5. The molecule has 3 rings (SSSR count). The van der Waals surface area contributed by atoms with Gasteiger partial charge in [-0.3, -0.25) is 4.68 Å². The number of nitrogens with one attached hydrogen (secondary N) is 1. The van der Waals surface area contributed by atoms with E-state index in [1.165, 1.54) is 0 Å². The number of hydrogen-bond donors (Lipinski definition) is 1. The van der Waals surface area contributed by atoms with Crippen LogP contribution in [0.4, 0.5) is 5.82 Å². The molecule has 2 aromatic heterocycles. The molecule has 5 nitrogen and oxygen atoms in total. The van der Waals surface area contributed by atoms with Crippen molar-refractivity contribution in [2.45, 2.75) is 13.5 Å². The molecule has 0 aliphatic carbocycles. The van der Waals surface area contributed by atoms with Crippen LogP contribution in [0, 0.1) is 6.92 Å². The van der Waals surface area contributed by atoms with Crippen LogP contribution in [0.1, 0.15) is 11.3 Å². The summed E-state index contributed by atoms with van der Waals surface area (Å²) in [5.41, 5.74) is 2.76. The number of aryl methyl sites for hydroxylation is 2. The summed E-state index contributed by atoms with van der Waals surface area (Å²) >= 11 is 6.15. The molecule has 0 amide bonds. The third-order valence-electron chi connectivity index (χ3n) is 3.20. The second-order valence-corrected chi connectivity index (χ2v) is 4.98. The zero-order chi connectivity index (χ0) is 14.1. The molecule has 0 saturated heterocycles. The van der Waals surface area contributed by atoms with Crippen molar-refractivity contribution in [3.63, 3.8) is 0 Å². The van der Waals surface area contributed by atoms with Crippen LogP contribution in [-0.4, -0.2) is 19.7 Å². The number of benzene rings is 1. The standard InChI is InChI=1S/C14H14ClN5/c1-9-12-13(17-8-18-14(12)20(2)19-9)16-7-10-5-3-4-6-11(10)15/h3-6,8H,7H2,1-2H3,(H,16,17,18). The van der Waals surface area contributed by atoms with Gasteiger partial charge in [0.1, 0.15) is 12.1 Å².